The van der Waals surface area contributed by atoms with Crippen molar-refractivity contribution in [3.63, 3.8) is 0 Å². The van der Waals surface area contributed by atoms with Crippen molar-refractivity contribution in [3.05, 3.63) is 33.8 Å². The number of halogens is 2. The third kappa shape index (κ3) is 4.51. The van der Waals surface area contributed by atoms with Crippen LogP contribution in [0.3, 0.4) is 0 Å². The molecule has 0 saturated heterocycles. The average molecular weight is 308 g/mol. The molecule has 1 aromatic rings. The molecule has 0 aromatic heterocycles. The molecule has 0 fully saturated rings. The first-order chi connectivity index (χ1) is 7.15. The Bertz CT molecular complexity index is 358. The van der Waals surface area contributed by atoms with Gasteiger partial charge < -0.3 is 11.1 Å². The first-order valence-electron chi connectivity index (χ1n) is 4.89. The van der Waals surface area contributed by atoms with Gasteiger partial charge in [0.05, 0.1) is 5.56 Å². The van der Waals surface area contributed by atoms with Crippen LogP contribution in [0, 0.1) is 6.92 Å². The Hall–Kier alpha value is -0.580. The van der Waals surface area contributed by atoms with E-state index in [9.17, 15) is 4.79 Å². The topological polar surface area (TPSA) is 55.1 Å². The van der Waals surface area contributed by atoms with Gasteiger partial charge in [0.15, 0.2) is 0 Å². The van der Waals surface area contributed by atoms with Gasteiger partial charge in [-0.25, -0.2) is 0 Å². The monoisotopic (exact) mass is 306 g/mol. The minimum absolute atomic E-state index is 0. The van der Waals surface area contributed by atoms with E-state index in [-0.39, 0.29) is 18.3 Å². The predicted molar refractivity (Wildman–Crippen MR) is 72.1 cm³/mol. The highest BCUT2D eigenvalue weighted by molar-refractivity contribution is 9.10. The summed E-state index contributed by atoms with van der Waals surface area (Å²) in [6.07, 6.45) is 0.801. The van der Waals surface area contributed by atoms with Gasteiger partial charge in [0.2, 0.25) is 0 Å². The number of carbonyl (C=O) groups excluding carboxylic acids is 1. The van der Waals surface area contributed by atoms with Crippen molar-refractivity contribution in [1.82, 2.24) is 5.32 Å². The van der Waals surface area contributed by atoms with Gasteiger partial charge in [-0.2, -0.15) is 0 Å². The van der Waals surface area contributed by atoms with E-state index < -0.39 is 0 Å². The molecule has 5 heteroatoms. The summed E-state index contributed by atoms with van der Waals surface area (Å²) in [6, 6.07) is 5.66. The fraction of sp³-hybridized carbons (Fsp3) is 0.364. The quantitative estimate of drug-likeness (QED) is 0.838. The molecule has 0 unspecified atom stereocenters. The first-order valence-corrected chi connectivity index (χ1v) is 5.69. The lowest BCUT2D eigenvalue weighted by atomic mass is 10.1. The minimum Gasteiger partial charge on any atom is -0.352 e. The summed E-state index contributed by atoms with van der Waals surface area (Å²) in [5, 5.41) is 2.81. The van der Waals surface area contributed by atoms with Crippen molar-refractivity contribution >= 4 is 34.2 Å². The highest BCUT2D eigenvalue weighted by Crippen LogP contribution is 2.17. The second-order valence-corrected chi connectivity index (χ2v) is 4.24. The van der Waals surface area contributed by atoms with Crippen LogP contribution >= 0.6 is 28.3 Å². The number of nitrogens with one attached hydrogen (secondary N) is 1. The van der Waals surface area contributed by atoms with E-state index in [1.807, 2.05) is 25.1 Å². The lowest BCUT2D eigenvalue weighted by molar-refractivity contribution is 0.0952. The normalized spacial score (nSPS) is 9.44. The molecule has 16 heavy (non-hydrogen) atoms. The number of hydrogen-bond acceptors (Lipinski definition) is 2. The van der Waals surface area contributed by atoms with Crippen molar-refractivity contribution in [3.8, 4) is 0 Å². The molecule has 0 bridgehead atoms. The number of benzene rings is 1. The van der Waals surface area contributed by atoms with E-state index in [0.29, 0.717) is 18.7 Å². The van der Waals surface area contributed by atoms with Crippen LogP contribution in [0.1, 0.15) is 22.3 Å². The minimum atomic E-state index is -0.0599. The van der Waals surface area contributed by atoms with Crippen LogP contribution in [0.4, 0.5) is 0 Å². The standard InChI is InChI=1S/C11H15BrN2O.ClH/c1-8-3-4-9(10(12)7-8)11(15)14-6-2-5-13;/h3-4,7H,2,5-6,13H2,1H3,(H,14,15);1H. The van der Waals surface area contributed by atoms with Crippen LogP contribution in [0.15, 0.2) is 22.7 Å². The molecular formula is C11H16BrClN2O. The van der Waals surface area contributed by atoms with Crippen molar-refractivity contribution in [2.45, 2.75) is 13.3 Å². The van der Waals surface area contributed by atoms with Crippen LogP contribution in [-0.2, 0) is 0 Å². The van der Waals surface area contributed by atoms with E-state index >= 15 is 0 Å². The van der Waals surface area contributed by atoms with Gasteiger partial charge in [-0.3, -0.25) is 4.79 Å². The fourth-order valence-electron chi connectivity index (χ4n) is 1.20. The lowest BCUT2D eigenvalue weighted by Crippen LogP contribution is -2.26. The molecule has 0 saturated carbocycles. The summed E-state index contributed by atoms with van der Waals surface area (Å²) in [6.45, 7) is 3.20. The van der Waals surface area contributed by atoms with Crippen molar-refractivity contribution in [2.24, 2.45) is 5.73 Å². The molecule has 1 amide bonds. The second kappa shape index (κ2) is 7.65. The number of nitrogens with two attached hydrogens (primary N) is 1. The molecule has 90 valence electrons. The van der Waals surface area contributed by atoms with Gasteiger partial charge in [0.25, 0.3) is 5.91 Å². The first kappa shape index (κ1) is 15.4. The maximum atomic E-state index is 11.7. The zero-order valence-electron chi connectivity index (χ0n) is 9.13. The summed E-state index contributed by atoms with van der Waals surface area (Å²) in [5.41, 5.74) is 7.13. The molecule has 3 N–H and O–H groups in total. The molecule has 0 atom stereocenters. The van der Waals surface area contributed by atoms with Crippen molar-refractivity contribution in [1.29, 1.82) is 0 Å². The zero-order chi connectivity index (χ0) is 11.3. The van der Waals surface area contributed by atoms with Crippen molar-refractivity contribution in [2.75, 3.05) is 13.1 Å². The number of aryl methyl sites for hydroxylation is 1. The number of amides is 1. The molecule has 0 aliphatic carbocycles. The molecule has 3 nitrogen and oxygen atoms in total. The number of rotatable bonds is 4. The molecule has 0 aliphatic rings. The van der Waals surface area contributed by atoms with E-state index in [1.54, 1.807) is 0 Å². The van der Waals surface area contributed by atoms with Gasteiger partial charge in [-0.15, -0.1) is 12.4 Å². The SMILES string of the molecule is Cc1ccc(C(=O)NCCCN)c(Br)c1.Cl. The largest absolute Gasteiger partial charge is 0.352 e. The highest BCUT2D eigenvalue weighted by atomic mass is 79.9. The third-order valence-electron chi connectivity index (χ3n) is 2.04. The Balaban J connectivity index is 0.00000225. The van der Waals surface area contributed by atoms with E-state index in [4.69, 9.17) is 5.73 Å². The Morgan fingerprint density at radius 1 is 1.50 bits per heavy atom. The molecule has 0 aliphatic heterocycles. The number of carbonyl (C=O) groups is 1. The summed E-state index contributed by atoms with van der Waals surface area (Å²) in [5.74, 6) is -0.0599. The summed E-state index contributed by atoms with van der Waals surface area (Å²) in [4.78, 5) is 11.7. The van der Waals surface area contributed by atoms with E-state index in [2.05, 4.69) is 21.2 Å². The van der Waals surface area contributed by atoms with Gasteiger partial charge in [-0.1, -0.05) is 6.07 Å². The summed E-state index contributed by atoms with van der Waals surface area (Å²) < 4.78 is 0.827. The van der Waals surface area contributed by atoms with Crippen LogP contribution in [0.25, 0.3) is 0 Å². The molecule has 1 aromatic carbocycles. The van der Waals surface area contributed by atoms with E-state index in [1.165, 1.54) is 0 Å². The molecule has 0 spiro atoms. The van der Waals surface area contributed by atoms with Crippen LogP contribution in [0.2, 0.25) is 0 Å². The Labute approximate surface area is 110 Å². The summed E-state index contributed by atoms with van der Waals surface area (Å²) in [7, 11) is 0. The molecule has 1 rings (SSSR count). The molecule has 0 heterocycles. The number of hydrogen-bond donors (Lipinski definition) is 2. The van der Waals surface area contributed by atoms with Crippen molar-refractivity contribution < 1.29 is 4.79 Å². The average Bonchev–Trinajstić information content (AvgIpc) is 2.17. The smallest absolute Gasteiger partial charge is 0.252 e. The van der Waals surface area contributed by atoms with Crippen LogP contribution in [-0.4, -0.2) is 19.0 Å². The Morgan fingerprint density at radius 2 is 2.19 bits per heavy atom. The van der Waals surface area contributed by atoms with Gasteiger partial charge >= 0.3 is 0 Å². The predicted octanol–water partition coefficient (Wildman–Crippen LogP) is 2.26. The van der Waals surface area contributed by atoms with Gasteiger partial charge in [-0.05, 0) is 53.5 Å². The van der Waals surface area contributed by atoms with Gasteiger partial charge in [0.1, 0.15) is 0 Å². The van der Waals surface area contributed by atoms with Crippen LogP contribution < -0.4 is 11.1 Å². The fourth-order valence-corrected chi connectivity index (χ4v) is 1.88. The maximum Gasteiger partial charge on any atom is 0.252 e. The molecule has 0 radical (unpaired) electrons. The third-order valence-corrected chi connectivity index (χ3v) is 2.69. The van der Waals surface area contributed by atoms with Gasteiger partial charge in [0, 0.05) is 11.0 Å². The van der Waals surface area contributed by atoms with Crippen LogP contribution in [0.5, 0.6) is 0 Å². The zero-order valence-corrected chi connectivity index (χ0v) is 11.5. The van der Waals surface area contributed by atoms with E-state index in [0.717, 1.165) is 16.5 Å². The molecular weight excluding hydrogens is 291 g/mol. The lowest BCUT2D eigenvalue weighted by Gasteiger charge is -2.06. The Kier molecular flexibility index (Phi) is 7.38. The highest BCUT2D eigenvalue weighted by Gasteiger charge is 2.08. The summed E-state index contributed by atoms with van der Waals surface area (Å²) >= 11 is 3.37. The second-order valence-electron chi connectivity index (χ2n) is 3.38. The Morgan fingerprint density at radius 3 is 2.75 bits per heavy atom. The maximum absolute atomic E-state index is 11.7.